The molecular formula is C23H31ClN2. The molecule has 0 unspecified atom stereocenters. The zero-order chi connectivity index (χ0) is 18.5. The highest BCUT2D eigenvalue weighted by Crippen LogP contribution is 2.39. The van der Waals surface area contributed by atoms with Gasteiger partial charge in [0.2, 0.25) is 0 Å². The van der Waals surface area contributed by atoms with Crippen molar-refractivity contribution in [3.8, 4) is 0 Å². The number of halogens is 1. The Hall–Kier alpha value is -1.93. The average Bonchev–Trinajstić information content (AvgIpc) is 2.74. The Bertz CT molecular complexity index is 762. The Morgan fingerprint density at radius 1 is 0.538 bits per heavy atom. The standard InChI is InChI=1S/C23H30N2.ClH/c1-14-9-16(3)22(17(4)10-14)24-13-25(21(8)20(24)7)23-18(5)11-15(2)12-19(23)6;/h9-12H,13H2,1-8H3;1H. The second kappa shape index (κ2) is 7.36. The molecule has 0 amide bonds. The molecular weight excluding hydrogens is 340 g/mol. The number of aryl methyl sites for hydroxylation is 6. The zero-order valence-electron chi connectivity index (χ0n) is 17.3. The first kappa shape index (κ1) is 20.4. The van der Waals surface area contributed by atoms with Crippen LogP contribution in [0.1, 0.15) is 47.2 Å². The van der Waals surface area contributed by atoms with E-state index in [1.165, 1.54) is 56.1 Å². The molecule has 2 aromatic rings. The molecule has 3 heteroatoms. The maximum absolute atomic E-state index is 2.47. The zero-order valence-corrected chi connectivity index (χ0v) is 18.1. The summed E-state index contributed by atoms with van der Waals surface area (Å²) in [5.74, 6) is 0. The van der Waals surface area contributed by atoms with Gasteiger partial charge in [-0.05, 0) is 77.6 Å². The van der Waals surface area contributed by atoms with Gasteiger partial charge >= 0.3 is 0 Å². The molecule has 0 spiro atoms. The van der Waals surface area contributed by atoms with Crippen molar-refractivity contribution < 1.29 is 0 Å². The molecule has 0 fully saturated rings. The van der Waals surface area contributed by atoms with Crippen molar-refractivity contribution in [1.29, 1.82) is 0 Å². The normalized spacial score (nSPS) is 14.2. The summed E-state index contributed by atoms with van der Waals surface area (Å²) in [7, 11) is 0. The van der Waals surface area contributed by atoms with Crippen LogP contribution in [-0.2, 0) is 0 Å². The predicted octanol–water partition coefficient (Wildman–Crippen LogP) is 6.49. The van der Waals surface area contributed by atoms with Gasteiger partial charge in [0.25, 0.3) is 0 Å². The van der Waals surface area contributed by atoms with E-state index in [-0.39, 0.29) is 12.4 Å². The summed E-state index contributed by atoms with van der Waals surface area (Å²) in [6.45, 7) is 18.6. The molecule has 1 aliphatic heterocycles. The molecule has 0 aromatic heterocycles. The molecule has 26 heavy (non-hydrogen) atoms. The van der Waals surface area contributed by atoms with Crippen molar-refractivity contribution in [2.45, 2.75) is 55.4 Å². The Balaban J connectivity index is 0.00000243. The van der Waals surface area contributed by atoms with Gasteiger partial charge in [0.15, 0.2) is 0 Å². The summed E-state index contributed by atoms with van der Waals surface area (Å²) >= 11 is 0. The Labute approximate surface area is 164 Å². The van der Waals surface area contributed by atoms with Crippen LogP contribution in [-0.4, -0.2) is 6.67 Å². The minimum absolute atomic E-state index is 0. The fourth-order valence-corrected chi connectivity index (χ4v) is 4.42. The highest BCUT2D eigenvalue weighted by molar-refractivity contribution is 5.85. The van der Waals surface area contributed by atoms with Crippen molar-refractivity contribution in [2.24, 2.45) is 0 Å². The van der Waals surface area contributed by atoms with Crippen molar-refractivity contribution >= 4 is 23.8 Å². The lowest BCUT2D eigenvalue weighted by Crippen LogP contribution is -2.29. The van der Waals surface area contributed by atoms with E-state index in [1.54, 1.807) is 0 Å². The van der Waals surface area contributed by atoms with Gasteiger partial charge < -0.3 is 9.80 Å². The number of allylic oxidation sites excluding steroid dienone is 2. The fraction of sp³-hybridized carbons (Fsp3) is 0.391. The van der Waals surface area contributed by atoms with Gasteiger partial charge in [0.05, 0.1) is 6.67 Å². The summed E-state index contributed by atoms with van der Waals surface area (Å²) in [4.78, 5) is 4.94. The van der Waals surface area contributed by atoms with Gasteiger partial charge in [-0.1, -0.05) is 35.4 Å². The molecule has 0 N–H and O–H groups in total. The number of hydrogen-bond donors (Lipinski definition) is 0. The van der Waals surface area contributed by atoms with Crippen LogP contribution in [0.15, 0.2) is 35.7 Å². The van der Waals surface area contributed by atoms with E-state index in [4.69, 9.17) is 0 Å². The summed E-state index contributed by atoms with van der Waals surface area (Å²) in [5, 5.41) is 0. The Kier molecular flexibility index (Phi) is 5.77. The minimum Gasteiger partial charge on any atom is -0.325 e. The van der Waals surface area contributed by atoms with E-state index in [1.807, 2.05) is 0 Å². The summed E-state index contributed by atoms with van der Waals surface area (Å²) in [6, 6.07) is 9.15. The van der Waals surface area contributed by atoms with Crippen LogP contribution in [0.25, 0.3) is 0 Å². The van der Waals surface area contributed by atoms with Gasteiger partial charge in [-0.3, -0.25) is 0 Å². The van der Waals surface area contributed by atoms with Crippen molar-refractivity contribution in [3.05, 3.63) is 69.0 Å². The Morgan fingerprint density at radius 3 is 1.08 bits per heavy atom. The molecule has 3 rings (SSSR count). The lowest BCUT2D eigenvalue weighted by Gasteiger charge is -2.28. The van der Waals surface area contributed by atoms with E-state index in [9.17, 15) is 0 Å². The topological polar surface area (TPSA) is 6.48 Å². The Morgan fingerprint density at radius 2 is 0.808 bits per heavy atom. The number of nitrogens with zero attached hydrogens (tertiary/aromatic N) is 2. The molecule has 2 nitrogen and oxygen atoms in total. The molecule has 0 radical (unpaired) electrons. The van der Waals surface area contributed by atoms with Crippen LogP contribution < -0.4 is 9.80 Å². The molecule has 0 aliphatic carbocycles. The summed E-state index contributed by atoms with van der Waals surface area (Å²) in [6.07, 6.45) is 0. The summed E-state index contributed by atoms with van der Waals surface area (Å²) < 4.78 is 0. The molecule has 1 heterocycles. The third kappa shape index (κ3) is 3.35. The van der Waals surface area contributed by atoms with Crippen molar-refractivity contribution in [1.82, 2.24) is 0 Å². The smallest absolute Gasteiger partial charge is 0.0995 e. The lowest BCUT2D eigenvalue weighted by molar-refractivity contribution is 0.920. The first-order chi connectivity index (χ1) is 11.7. The highest BCUT2D eigenvalue weighted by atomic mass is 35.5. The van der Waals surface area contributed by atoms with E-state index < -0.39 is 0 Å². The van der Waals surface area contributed by atoms with Gasteiger partial charge in [-0.2, -0.15) is 0 Å². The van der Waals surface area contributed by atoms with Crippen LogP contribution >= 0.6 is 12.4 Å². The van der Waals surface area contributed by atoms with Crippen LogP contribution in [0.4, 0.5) is 11.4 Å². The SMILES string of the molecule is CC1=C(C)N(c2c(C)cc(C)cc2C)CN1c1c(C)cc(C)cc1C.Cl. The fourth-order valence-electron chi connectivity index (χ4n) is 4.42. The molecule has 0 saturated carbocycles. The van der Waals surface area contributed by atoms with Crippen molar-refractivity contribution in [2.75, 3.05) is 16.5 Å². The first-order valence-electron chi connectivity index (χ1n) is 9.09. The molecule has 0 bridgehead atoms. The van der Waals surface area contributed by atoms with E-state index in [0.29, 0.717) is 0 Å². The van der Waals surface area contributed by atoms with Crippen LogP contribution in [0.2, 0.25) is 0 Å². The number of hydrogen-bond acceptors (Lipinski definition) is 2. The number of anilines is 2. The predicted molar refractivity (Wildman–Crippen MR) is 117 cm³/mol. The maximum atomic E-state index is 2.47. The molecule has 0 atom stereocenters. The van der Waals surface area contributed by atoms with E-state index >= 15 is 0 Å². The van der Waals surface area contributed by atoms with Gasteiger partial charge in [-0.25, -0.2) is 0 Å². The summed E-state index contributed by atoms with van der Waals surface area (Å²) in [5.41, 5.74) is 13.5. The third-order valence-corrected chi connectivity index (χ3v) is 5.43. The third-order valence-electron chi connectivity index (χ3n) is 5.43. The largest absolute Gasteiger partial charge is 0.325 e. The van der Waals surface area contributed by atoms with Gasteiger partial charge in [0, 0.05) is 22.8 Å². The molecule has 0 saturated heterocycles. The first-order valence-corrected chi connectivity index (χ1v) is 9.09. The van der Waals surface area contributed by atoms with Gasteiger partial charge in [0.1, 0.15) is 0 Å². The molecule has 2 aromatic carbocycles. The minimum atomic E-state index is 0. The van der Waals surface area contributed by atoms with Crippen LogP contribution in [0.3, 0.4) is 0 Å². The quantitative estimate of drug-likeness (QED) is 0.595. The van der Waals surface area contributed by atoms with Crippen LogP contribution in [0, 0.1) is 41.5 Å². The lowest BCUT2D eigenvalue weighted by atomic mass is 10.0. The average molecular weight is 371 g/mol. The van der Waals surface area contributed by atoms with E-state index in [0.717, 1.165) is 6.67 Å². The highest BCUT2D eigenvalue weighted by Gasteiger charge is 2.29. The second-order valence-corrected chi connectivity index (χ2v) is 7.66. The van der Waals surface area contributed by atoms with Gasteiger partial charge in [-0.15, -0.1) is 12.4 Å². The molecule has 1 aliphatic rings. The van der Waals surface area contributed by atoms with E-state index in [2.05, 4.69) is 89.5 Å². The van der Waals surface area contributed by atoms with Crippen molar-refractivity contribution in [3.63, 3.8) is 0 Å². The number of benzene rings is 2. The second-order valence-electron chi connectivity index (χ2n) is 7.66. The maximum Gasteiger partial charge on any atom is 0.0995 e. The molecule has 140 valence electrons. The monoisotopic (exact) mass is 370 g/mol. The number of rotatable bonds is 2. The van der Waals surface area contributed by atoms with Crippen LogP contribution in [0.5, 0.6) is 0 Å².